The second-order valence-corrected chi connectivity index (χ2v) is 65.6. The molecule has 4 heteroatoms. The Morgan fingerprint density at radius 2 is 0.887 bits per heavy atom. The molecule has 0 amide bonds. The molecule has 0 aromatic heterocycles. The van der Waals surface area contributed by atoms with Crippen LogP contribution in [0.15, 0.2) is 96.1 Å². The third-order valence-corrected chi connectivity index (χ3v) is 69.0. The first-order valence-electron chi connectivity index (χ1n) is 24.8. The van der Waals surface area contributed by atoms with Crippen LogP contribution < -0.4 is 0 Å². The van der Waals surface area contributed by atoms with E-state index < -0.39 is 21.5 Å². The fourth-order valence-corrected chi connectivity index (χ4v) is 44.2. The van der Waals surface area contributed by atoms with Crippen LogP contribution in [0.2, 0.25) is 13.1 Å². The zero-order chi connectivity index (χ0) is 44.3. The van der Waals surface area contributed by atoms with Crippen LogP contribution in [0.5, 0.6) is 0 Å². The zero-order valence-electron chi connectivity index (χ0n) is 40.1. The van der Waals surface area contributed by atoms with Gasteiger partial charge in [-0.15, -0.1) is 0 Å². The van der Waals surface area contributed by atoms with Crippen molar-refractivity contribution in [1.29, 1.82) is 0 Å². The van der Waals surface area contributed by atoms with Crippen LogP contribution in [0, 0.1) is 10.8 Å². The number of fused-ring (bicyclic) bond motifs is 2. The van der Waals surface area contributed by atoms with Gasteiger partial charge in [-0.25, -0.2) is 0 Å². The summed E-state index contributed by atoms with van der Waals surface area (Å²) in [5.74, 6) is -1.76. The minimum atomic E-state index is -5.13. The Bertz CT molecular complexity index is 2160. The summed E-state index contributed by atoms with van der Waals surface area (Å²) in [6, 6.07) is 33.2. The molecule has 2 saturated carbocycles. The maximum atomic E-state index is 9.29. The molecule has 0 heterocycles. The van der Waals surface area contributed by atoms with Crippen molar-refractivity contribution in [3.05, 3.63) is 129 Å². The number of rotatable bonds is 11. The van der Waals surface area contributed by atoms with Gasteiger partial charge in [0, 0.05) is 0 Å². The molecule has 4 aromatic rings. The Balaban J connectivity index is 1.35. The fraction of sp³-hybridized carbons (Fsp3) is 0.517. The minimum absolute atomic E-state index is 0.0959. The molecule has 2 unspecified atom stereocenters. The van der Waals surface area contributed by atoms with E-state index in [9.17, 15) is 17.0 Å². The summed E-state index contributed by atoms with van der Waals surface area (Å²) in [6.07, 6.45) is 23.3. The zero-order valence-corrected chi connectivity index (χ0v) is 45.2. The molecular formula is C58H77Cl2SiZr. The standard InChI is InChI=1S/2C28H35.C2H7Si.2ClH.Zr/c2*1-5-28(16-7-6-8-17-28)20-21-18-23-10-9-11-25(26(23)19-21)22-12-14-24(15-13-22)27(2,3)4;1-3-2;;;/h2*9-15,18-19H,5-8,16-17,20H2,1-4H3;3H,1-2H3;2*1H;/q;;;;;+2/p-2. The van der Waals surface area contributed by atoms with E-state index in [0.29, 0.717) is 10.8 Å². The van der Waals surface area contributed by atoms with Crippen LogP contribution in [0.1, 0.15) is 186 Å². The molecule has 4 aliphatic carbocycles. The molecule has 0 spiro atoms. The molecule has 331 valence electrons. The average molecular weight is 964 g/mol. The van der Waals surface area contributed by atoms with Gasteiger partial charge in [0.25, 0.3) is 0 Å². The number of hydrogen-bond acceptors (Lipinski definition) is 0. The summed E-state index contributed by atoms with van der Waals surface area (Å²) < 4.78 is 0.192. The number of benzene rings is 4. The summed E-state index contributed by atoms with van der Waals surface area (Å²) in [4.78, 5) is 0. The second-order valence-electron chi connectivity index (χ2n) is 23.1. The van der Waals surface area contributed by atoms with Gasteiger partial charge in [-0.3, -0.25) is 0 Å². The molecule has 0 radical (unpaired) electrons. The van der Waals surface area contributed by atoms with Crippen LogP contribution >= 0.6 is 17.0 Å². The van der Waals surface area contributed by atoms with Crippen LogP contribution in [-0.2, 0) is 26.4 Å². The monoisotopic (exact) mass is 961 g/mol. The first-order chi connectivity index (χ1) is 29.3. The van der Waals surface area contributed by atoms with Gasteiger partial charge in [-0.2, -0.15) is 0 Å². The van der Waals surface area contributed by atoms with Gasteiger partial charge in [0.05, 0.1) is 0 Å². The van der Waals surface area contributed by atoms with E-state index >= 15 is 0 Å². The number of halogens is 2. The SMILES string of the molecule is CCC1(CC2=Cc3c(-c4ccc(C(C)(C)C)cc4)cccc3[CH]2[Zr]([Cl])([Cl])([CH]2C(CC3(CC)CCCCC3)=Cc3c(-c4ccc(C(C)(C)C)cc4)cccc32)[SiH](C)C)CCCCC1. The van der Waals surface area contributed by atoms with Crippen molar-refractivity contribution in [2.24, 2.45) is 10.8 Å². The van der Waals surface area contributed by atoms with Crippen LogP contribution in [-0.4, -0.2) is 5.92 Å². The topological polar surface area (TPSA) is 0 Å². The Morgan fingerprint density at radius 3 is 1.19 bits per heavy atom. The summed E-state index contributed by atoms with van der Waals surface area (Å²) in [5, 5.41) is 0. The molecular weight excluding hydrogens is 887 g/mol. The van der Waals surface area contributed by atoms with Crippen molar-refractivity contribution in [2.75, 3.05) is 0 Å². The van der Waals surface area contributed by atoms with E-state index in [0.717, 1.165) is 12.8 Å². The number of hydrogen-bond donors (Lipinski definition) is 0. The van der Waals surface area contributed by atoms with Gasteiger partial charge in [0.15, 0.2) is 0 Å². The van der Waals surface area contributed by atoms with E-state index in [4.69, 9.17) is 0 Å². The molecule has 62 heavy (non-hydrogen) atoms. The van der Waals surface area contributed by atoms with Gasteiger partial charge < -0.3 is 0 Å². The normalized spacial score (nSPS) is 21.8. The second kappa shape index (κ2) is 17.4. The van der Waals surface area contributed by atoms with E-state index in [-0.39, 0.29) is 18.1 Å². The third kappa shape index (κ3) is 8.39. The Hall–Kier alpha value is -1.96. The predicted octanol–water partition coefficient (Wildman–Crippen LogP) is 18.7. The maximum absolute atomic E-state index is 9.29. The first kappa shape index (κ1) is 46.6. The Morgan fingerprint density at radius 1 is 0.532 bits per heavy atom. The molecule has 0 nitrogen and oxygen atoms in total. The van der Waals surface area contributed by atoms with E-state index in [1.54, 1.807) is 11.1 Å². The quantitative estimate of drug-likeness (QED) is 0.131. The van der Waals surface area contributed by atoms with Gasteiger partial charge in [0.2, 0.25) is 0 Å². The van der Waals surface area contributed by atoms with E-state index in [1.165, 1.54) is 133 Å². The van der Waals surface area contributed by atoms with Crippen molar-refractivity contribution < 1.29 is 15.6 Å². The van der Waals surface area contributed by atoms with Crippen molar-refractivity contribution in [3.8, 4) is 22.3 Å². The molecule has 0 bridgehead atoms. The summed E-state index contributed by atoms with van der Waals surface area (Å²) in [6.45, 7) is 23.9. The predicted molar refractivity (Wildman–Crippen MR) is 274 cm³/mol. The van der Waals surface area contributed by atoms with Crippen molar-refractivity contribution >= 4 is 35.1 Å². The molecule has 2 fully saturated rings. The van der Waals surface area contributed by atoms with Gasteiger partial charge in [-0.1, -0.05) is 0 Å². The molecule has 4 aromatic carbocycles. The average Bonchev–Trinajstić information content (AvgIpc) is 3.82. The molecule has 2 atom stereocenters. The van der Waals surface area contributed by atoms with E-state index in [1.807, 2.05) is 0 Å². The fourth-order valence-electron chi connectivity index (χ4n) is 13.0. The van der Waals surface area contributed by atoms with E-state index in [2.05, 4.69) is 166 Å². The summed E-state index contributed by atoms with van der Waals surface area (Å²) in [5.41, 5.74) is 17.6. The van der Waals surface area contributed by atoms with Gasteiger partial charge in [0.1, 0.15) is 0 Å². The molecule has 0 aliphatic heterocycles. The van der Waals surface area contributed by atoms with Crippen molar-refractivity contribution in [3.63, 3.8) is 0 Å². The number of allylic oxidation sites excluding steroid dienone is 2. The van der Waals surface area contributed by atoms with Crippen LogP contribution in [0.3, 0.4) is 0 Å². The van der Waals surface area contributed by atoms with Gasteiger partial charge in [-0.05, 0) is 0 Å². The van der Waals surface area contributed by atoms with Crippen molar-refractivity contribution in [1.82, 2.24) is 0 Å². The first-order valence-corrected chi connectivity index (χ1v) is 41.1. The summed E-state index contributed by atoms with van der Waals surface area (Å²) in [7, 11) is 18.6. The van der Waals surface area contributed by atoms with Crippen molar-refractivity contribution in [2.45, 2.75) is 176 Å². The Kier molecular flexibility index (Phi) is 13.0. The Labute approximate surface area is 386 Å². The summed E-state index contributed by atoms with van der Waals surface area (Å²) >= 11 is -5.13. The van der Waals surface area contributed by atoms with Crippen LogP contribution in [0.4, 0.5) is 0 Å². The molecule has 8 rings (SSSR count). The third-order valence-electron chi connectivity index (χ3n) is 17.1. The molecule has 0 N–H and O–H groups in total. The molecule has 0 saturated heterocycles. The van der Waals surface area contributed by atoms with Gasteiger partial charge >= 0.3 is 390 Å². The molecule has 4 aliphatic rings. The van der Waals surface area contributed by atoms with Crippen LogP contribution in [0.25, 0.3) is 34.4 Å².